The number of carboxylic acids is 1. The van der Waals surface area contributed by atoms with Crippen LogP contribution < -0.4 is 16.0 Å². The van der Waals surface area contributed by atoms with Crippen LogP contribution in [0.3, 0.4) is 0 Å². The largest absolute Gasteiger partial charge is 0.480 e. The van der Waals surface area contributed by atoms with Gasteiger partial charge in [0.1, 0.15) is 19.3 Å². The standard InChI is InChI=1S/C35H63N7O10/c1-29(43)27-51-25-23-50-22-20-37-34(46)28-52-26-24-49-21-19-36-32(44)18-17-30(35(47)48)38-33(45)16-14-12-10-8-6-4-2-3-5-7-9-11-13-15-31-39-41-42-40-31/h30H,2-28H2,1H3,(H,36,44)(H,37,46)(H,38,45)(H,47,48)(H,39,40,41,42). The molecule has 5 N–H and O–H groups in total. The average molecular weight is 742 g/mol. The molecule has 0 aliphatic carbocycles. The maximum absolute atomic E-state index is 12.3. The first kappa shape index (κ1) is 46.5. The summed E-state index contributed by atoms with van der Waals surface area (Å²) < 4.78 is 21.0. The Labute approximate surface area is 307 Å². The van der Waals surface area contributed by atoms with Gasteiger partial charge in [0.05, 0.1) is 39.6 Å². The lowest BCUT2D eigenvalue weighted by molar-refractivity contribution is -0.142. The minimum Gasteiger partial charge on any atom is -0.480 e. The molecule has 1 atom stereocenters. The van der Waals surface area contributed by atoms with Crippen LogP contribution in [-0.2, 0) is 49.3 Å². The van der Waals surface area contributed by atoms with Crippen LogP contribution in [0.5, 0.6) is 0 Å². The van der Waals surface area contributed by atoms with Crippen molar-refractivity contribution in [3.63, 3.8) is 0 Å². The van der Waals surface area contributed by atoms with Gasteiger partial charge in [0.2, 0.25) is 17.7 Å². The number of carboxylic acid groups (broad SMARTS) is 1. The molecule has 3 amide bonds. The first-order valence-electron chi connectivity index (χ1n) is 18.9. The van der Waals surface area contributed by atoms with Gasteiger partial charge in [-0.15, -0.1) is 10.2 Å². The van der Waals surface area contributed by atoms with E-state index in [4.69, 9.17) is 18.9 Å². The van der Waals surface area contributed by atoms with E-state index in [0.717, 1.165) is 37.9 Å². The lowest BCUT2D eigenvalue weighted by Crippen LogP contribution is -2.41. The Morgan fingerprint density at radius 3 is 1.69 bits per heavy atom. The van der Waals surface area contributed by atoms with Crippen LogP contribution in [0.15, 0.2) is 0 Å². The molecule has 1 unspecified atom stereocenters. The van der Waals surface area contributed by atoms with Crippen LogP contribution in [0.4, 0.5) is 0 Å². The summed E-state index contributed by atoms with van der Waals surface area (Å²) in [5.41, 5.74) is 0. The summed E-state index contributed by atoms with van der Waals surface area (Å²) in [5, 5.41) is 31.3. The van der Waals surface area contributed by atoms with E-state index in [1.165, 1.54) is 58.3 Å². The van der Waals surface area contributed by atoms with Crippen LogP contribution in [-0.4, -0.2) is 127 Å². The van der Waals surface area contributed by atoms with Gasteiger partial charge in [0.25, 0.3) is 0 Å². The number of ether oxygens (including phenoxy) is 4. The summed E-state index contributed by atoms with van der Waals surface area (Å²) in [7, 11) is 0. The third-order valence-corrected chi connectivity index (χ3v) is 7.91. The van der Waals surface area contributed by atoms with Crippen molar-refractivity contribution in [2.75, 3.05) is 65.9 Å². The van der Waals surface area contributed by atoms with Crippen LogP contribution >= 0.6 is 0 Å². The molecule has 17 heteroatoms. The molecule has 0 aliphatic rings. The number of Topliss-reactive ketones (excluding diaryl/α,β-unsaturated/α-hetero) is 1. The number of aromatic amines is 1. The van der Waals surface area contributed by atoms with E-state index in [1.807, 2.05) is 0 Å². The van der Waals surface area contributed by atoms with Crippen molar-refractivity contribution in [3.8, 4) is 0 Å². The second kappa shape index (κ2) is 33.3. The number of ketones is 1. The summed E-state index contributed by atoms with van der Waals surface area (Å²) in [5.74, 6) is -1.37. The third-order valence-electron chi connectivity index (χ3n) is 7.91. The highest BCUT2D eigenvalue weighted by Gasteiger charge is 2.20. The number of rotatable bonds is 37. The lowest BCUT2D eigenvalue weighted by atomic mass is 10.0. The number of aryl methyl sites for hydroxylation is 1. The van der Waals surface area contributed by atoms with Crippen LogP contribution in [0.1, 0.15) is 115 Å². The van der Waals surface area contributed by atoms with Crippen molar-refractivity contribution >= 4 is 29.5 Å². The summed E-state index contributed by atoms with van der Waals surface area (Å²) in [6, 6.07) is -1.12. The predicted molar refractivity (Wildman–Crippen MR) is 191 cm³/mol. The Balaban J connectivity index is 1.90. The number of aliphatic carboxylic acids is 1. The molecule has 0 saturated heterocycles. The Hall–Kier alpha value is -3.54. The highest BCUT2D eigenvalue weighted by molar-refractivity contribution is 5.84. The second-order valence-electron chi connectivity index (χ2n) is 12.7. The van der Waals surface area contributed by atoms with Crippen molar-refractivity contribution in [2.24, 2.45) is 0 Å². The van der Waals surface area contributed by atoms with Crippen LogP contribution in [0.25, 0.3) is 0 Å². The van der Waals surface area contributed by atoms with Crippen LogP contribution in [0, 0.1) is 0 Å². The molecule has 0 aromatic carbocycles. The quantitative estimate of drug-likeness (QED) is 0.0618. The van der Waals surface area contributed by atoms with Gasteiger partial charge < -0.3 is 40.0 Å². The molecular formula is C35H63N7O10. The summed E-state index contributed by atoms with van der Waals surface area (Å²) in [4.78, 5) is 58.5. The number of nitrogens with one attached hydrogen (secondary N) is 4. The number of aromatic nitrogens is 4. The molecule has 1 rings (SSSR count). The molecule has 0 radical (unpaired) electrons. The lowest BCUT2D eigenvalue weighted by Gasteiger charge is -2.14. The summed E-state index contributed by atoms with van der Waals surface area (Å²) in [6.45, 7) is 3.51. The smallest absolute Gasteiger partial charge is 0.326 e. The van der Waals surface area contributed by atoms with Crippen molar-refractivity contribution < 1.29 is 48.0 Å². The monoisotopic (exact) mass is 741 g/mol. The minimum atomic E-state index is -1.17. The zero-order valence-electron chi connectivity index (χ0n) is 31.1. The summed E-state index contributed by atoms with van der Waals surface area (Å²) in [6.07, 6.45) is 16.0. The van der Waals surface area contributed by atoms with Crippen molar-refractivity contribution in [1.82, 2.24) is 36.6 Å². The van der Waals surface area contributed by atoms with Crippen molar-refractivity contribution in [1.29, 1.82) is 0 Å². The molecule has 298 valence electrons. The zero-order valence-corrected chi connectivity index (χ0v) is 31.1. The second-order valence-corrected chi connectivity index (χ2v) is 12.7. The number of unbranched alkanes of at least 4 members (excludes halogenated alkanes) is 12. The van der Waals surface area contributed by atoms with E-state index in [2.05, 4.69) is 36.6 Å². The third kappa shape index (κ3) is 30.1. The number of carbonyl (C=O) groups excluding carboxylic acids is 4. The zero-order chi connectivity index (χ0) is 37.9. The van der Waals surface area contributed by atoms with E-state index in [-0.39, 0.29) is 82.3 Å². The highest BCUT2D eigenvalue weighted by Crippen LogP contribution is 2.13. The fourth-order valence-electron chi connectivity index (χ4n) is 5.09. The molecule has 52 heavy (non-hydrogen) atoms. The first-order chi connectivity index (χ1) is 25.3. The molecule has 0 aliphatic heterocycles. The molecule has 0 fully saturated rings. The van der Waals surface area contributed by atoms with Crippen LogP contribution in [0.2, 0.25) is 0 Å². The molecule has 1 heterocycles. The van der Waals surface area contributed by atoms with E-state index in [9.17, 15) is 29.1 Å². The van der Waals surface area contributed by atoms with Gasteiger partial charge in [-0.05, 0) is 26.2 Å². The number of nitrogens with zero attached hydrogens (tertiary/aromatic N) is 3. The van der Waals surface area contributed by atoms with E-state index in [0.29, 0.717) is 32.8 Å². The highest BCUT2D eigenvalue weighted by atomic mass is 16.5. The fraction of sp³-hybridized carbons (Fsp3) is 0.829. The van der Waals surface area contributed by atoms with E-state index >= 15 is 0 Å². The van der Waals surface area contributed by atoms with E-state index in [1.54, 1.807) is 0 Å². The number of hydrogen-bond donors (Lipinski definition) is 5. The van der Waals surface area contributed by atoms with Gasteiger partial charge in [0.15, 0.2) is 11.6 Å². The van der Waals surface area contributed by atoms with Gasteiger partial charge in [-0.25, -0.2) is 4.79 Å². The molecule has 17 nitrogen and oxygen atoms in total. The number of carbonyl (C=O) groups is 5. The minimum absolute atomic E-state index is 0.00710. The molecular weight excluding hydrogens is 678 g/mol. The number of hydrogen-bond acceptors (Lipinski definition) is 12. The molecule has 0 spiro atoms. The fourth-order valence-corrected chi connectivity index (χ4v) is 5.09. The Bertz CT molecular complexity index is 1080. The normalized spacial score (nSPS) is 11.6. The van der Waals surface area contributed by atoms with Crippen molar-refractivity contribution in [2.45, 2.75) is 122 Å². The van der Waals surface area contributed by atoms with E-state index < -0.39 is 12.0 Å². The number of tetrazole rings is 1. The number of H-pyrrole nitrogens is 1. The maximum Gasteiger partial charge on any atom is 0.326 e. The summed E-state index contributed by atoms with van der Waals surface area (Å²) >= 11 is 0. The Morgan fingerprint density at radius 1 is 0.635 bits per heavy atom. The maximum atomic E-state index is 12.3. The van der Waals surface area contributed by atoms with Gasteiger partial charge in [-0.2, -0.15) is 5.21 Å². The van der Waals surface area contributed by atoms with Gasteiger partial charge >= 0.3 is 5.97 Å². The Morgan fingerprint density at radius 2 is 1.15 bits per heavy atom. The molecule has 1 aromatic heterocycles. The van der Waals surface area contributed by atoms with Gasteiger partial charge in [-0.1, -0.05) is 75.8 Å². The molecule has 1 aromatic rings. The predicted octanol–water partition coefficient (Wildman–Crippen LogP) is 2.44. The van der Waals surface area contributed by atoms with Gasteiger partial charge in [0, 0.05) is 32.4 Å². The number of amides is 3. The molecule has 0 bridgehead atoms. The Kier molecular flexibility index (Phi) is 29.8. The SMILES string of the molecule is CC(=O)COCCOCCNC(=O)COCCOCCNC(=O)CCC(NC(=O)CCCCCCCCCCCCCCCc1nn[nH]n1)C(=O)O. The van der Waals surface area contributed by atoms with Gasteiger partial charge in [-0.3, -0.25) is 19.2 Å². The molecule has 0 saturated carbocycles. The topological polar surface area (TPSA) is 233 Å². The first-order valence-corrected chi connectivity index (χ1v) is 18.9. The van der Waals surface area contributed by atoms with Crippen molar-refractivity contribution in [3.05, 3.63) is 5.82 Å². The average Bonchev–Trinajstić information content (AvgIpc) is 3.64.